The maximum atomic E-state index is 12.3. The van der Waals surface area contributed by atoms with Crippen LogP contribution in [0.1, 0.15) is 12.3 Å². The number of hydrogen-bond donors (Lipinski definition) is 1. The molecule has 0 aliphatic heterocycles. The zero-order valence-corrected chi connectivity index (χ0v) is 16.5. The van der Waals surface area contributed by atoms with Gasteiger partial charge in [-0.1, -0.05) is 47.6 Å². The smallest absolute Gasteiger partial charge is 0.227 e. The topological polar surface area (TPSA) is 94.0 Å². The van der Waals surface area contributed by atoms with Gasteiger partial charge in [-0.2, -0.15) is 4.98 Å². The molecule has 7 heteroatoms. The minimum atomic E-state index is -0.130. The van der Waals surface area contributed by atoms with Gasteiger partial charge < -0.3 is 14.3 Å². The molecule has 3 aromatic carbocycles. The van der Waals surface area contributed by atoms with Crippen LogP contribution in [-0.2, 0) is 11.2 Å². The fourth-order valence-electron chi connectivity index (χ4n) is 3.20. The van der Waals surface area contributed by atoms with E-state index in [4.69, 9.17) is 8.94 Å². The van der Waals surface area contributed by atoms with Gasteiger partial charge in [0.2, 0.25) is 23.5 Å². The molecule has 0 unspecified atom stereocenters. The first-order chi connectivity index (χ1) is 15.2. The van der Waals surface area contributed by atoms with Crippen molar-refractivity contribution in [2.24, 2.45) is 0 Å². The highest BCUT2D eigenvalue weighted by Gasteiger charge is 2.12. The van der Waals surface area contributed by atoms with Crippen molar-refractivity contribution in [3.63, 3.8) is 0 Å². The molecule has 2 aromatic heterocycles. The molecule has 5 aromatic rings. The van der Waals surface area contributed by atoms with Crippen LogP contribution in [0.2, 0.25) is 0 Å². The average Bonchev–Trinajstić information content (AvgIpc) is 3.46. The molecule has 0 atom stereocenters. The molecule has 152 valence electrons. The van der Waals surface area contributed by atoms with Crippen LogP contribution in [0.5, 0.6) is 0 Å². The first-order valence-corrected chi connectivity index (χ1v) is 9.88. The quantitative estimate of drug-likeness (QED) is 0.418. The van der Waals surface area contributed by atoms with Crippen molar-refractivity contribution in [1.29, 1.82) is 0 Å². The van der Waals surface area contributed by atoms with Gasteiger partial charge in [0.15, 0.2) is 5.58 Å². The van der Waals surface area contributed by atoms with Crippen LogP contribution in [0.25, 0.3) is 33.9 Å². The predicted molar refractivity (Wildman–Crippen MR) is 116 cm³/mol. The molecule has 1 N–H and O–H groups in total. The molecule has 0 aliphatic rings. The maximum Gasteiger partial charge on any atom is 0.227 e. The Balaban J connectivity index is 1.18. The Morgan fingerprint density at radius 3 is 2.42 bits per heavy atom. The zero-order chi connectivity index (χ0) is 21.0. The fraction of sp³-hybridized carbons (Fsp3) is 0.0833. The SMILES string of the molecule is O=C(CCc1nc(-c2ccccc2)no1)Nc1ccc(-c2nc3ccccc3o2)cc1. The van der Waals surface area contributed by atoms with Gasteiger partial charge >= 0.3 is 0 Å². The molecule has 0 aliphatic carbocycles. The lowest BCUT2D eigenvalue weighted by atomic mass is 10.2. The van der Waals surface area contributed by atoms with E-state index in [1.807, 2.05) is 78.9 Å². The Labute approximate surface area is 177 Å². The molecule has 0 saturated heterocycles. The van der Waals surface area contributed by atoms with Crippen LogP contribution in [0, 0.1) is 0 Å². The average molecular weight is 410 g/mol. The molecule has 0 bridgehead atoms. The third kappa shape index (κ3) is 4.20. The van der Waals surface area contributed by atoms with Crippen molar-refractivity contribution in [1.82, 2.24) is 15.1 Å². The summed E-state index contributed by atoms with van der Waals surface area (Å²) >= 11 is 0. The Kier molecular flexibility index (Phi) is 4.98. The van der Waals surface area contributed by atoms with E-state index in [1.165, 1.54) is 0 Å². The monoisotopic (exact) mass is 410 g/mol. The Morgan fingerprint density at radius 2 is 1.61 bits per heavy atom. The summed E-state index contributed by atoms with van der Waals surface area (Å²) in [6, 6.07) is 24.6. The normalized spacial score (nSPS) is 11.0. The second kappa shape index (κ2) is 8.23. The number of amides is 1. The molecule has 0 fully saturated rings. The highest BCUT2D eigenvalue weighted by atomic mass is 16.5. The van der Waals surface area contributed by atoms with Gasteiger partial charge in [0.25, 0.3) is 0 Å². The molecule has 1 amide bonds. The molecule has 0 spiro atoms. The van der Waals surface area contributed by atoms with E-state index in [0.29, 0.717) is 29.7 Å². The number of oxazole rings is 1. The molecule has 5 rings (SSSR count). The van der Waals surface area contributed by atoms with Crippen molar-refractivity contribution < 1.29 is 13.7 Å². The highest BCUT2D eigenvalue weighted by Crippen LogP contribution is 2.25. The highest BCUT2D eigenvalue weighted by molar-refractivity contribution is 5.91. The summed E-state index contributed by atoms with van der Waals surface area (Å²) in [5, 5.41) is 6.85. The van der Waals surface area contributed by atoms with Crippen molar-refractivity contribution in [3.05, 3.63) is 84.8 Å². The van der Waals surface area contributed by atoms with Gasteiger partial charge in [0.1, 0.15) is 5.52 Å². The first-order valence-electron chi connectivity index (χ1n) is 9.88. The summed E-state index contributed by atoms with van der Waals surface area (Å²) in [5.41, 5.74) is 3.97. The van der Waals surface area contributed by atoms with Gasteiger partial charge in [-0.3, -0.25) is 4.79 Å². The van der Waals surface area contributed by atoms with E-state index >= 15 is 0 Å². The Hall–Kier alpha value is -4.26. The summed E-state index contributed by atoms with van der Waals surface area (Å²) in [5.74, 6) is 1.37. The molecule has 2 heterocycles. The lowest BCUT2D eigenvalue weighted by molar-refractivity contribution is -0.116. The number of rotatable bonds is 6. The van der Waals surface area contributed by atoms with Crippen LogP contribution in [0.3, 0.4) is 0 Å². The van der Waals surface area contributed by atoms with Crippen LogP contribution in [0.4, 0.5) is 5.69 Å². The lowest BCUT2D eigenvalue weighted by Gasteiger charge is -2.04. The van der Waals surface area contributed by atoms with Gasteiger partial charge in [-0.15, -0.1) is 0 Å². The molecular weight excluding hydrogens is 392 g/mol. The zero-order valence-electron chi connectivity index (χ0n) is 16.5. The van der Waals surface area contributed by atoms with Gasteiger partial charge in [0.05, 0.1) is 0 Å². The minimum Gasteiger partial charge on any atom is -0.436 e. The number of carbonyl (C=O) groups is 1. The van der Waals surface area contributed by atoms with E-state index in [9.17, 15) is 4.79 Å². The molecule has 0 radical (unpaired) electrons. The number of carbonyl (C=O) groups excluding carboxylic acids is 1. The molecular formula is C24H18N4O3. The molecule has 0 saturated carbocycles. The number of nitrogens with zero attached hydrogens (tertiary/aromatic N) is 3. The molecule has 7 nitrogen and oxygen atoms in total. The van der Waals surface area contributed by atoms with E-state index in [1.54, 1.807) is 0 Å². The number of para-hydroxylation sites is 2. The third-order valence-electron chi connectivity index (χ3n) is 4.78. The van der Waals surface area contributed by atoms with Crippen molar-refractivity contribution in [2.45, 2.75) is 12.8 Å². The van der Waals surface area contributed by atoms with Crippen LogP contribution < -0.4 is 5.32 Å². The van der Waals surface area contributed by atoms with Gasteiger partial charge in [0, 0.05) is 29.7 Å². The van der Waals surface area contributed by atoms with Crippen LogP contribution in [-0.4, -0.2) is 21.0 Å². The maximum absolute atomic E-state index is 12.3. The van der Waals surface area contributed by atoms with Crippen LogP contribution in [0.15, 0.2) is 87.8 Å². The van der Waals surface area contributed by atoms with Gasteiger partial charge in [-0.25, -0.2) is 4.98 Å². The van der Waals surface area contributed by atoms with Gasteiger partial charge in [-0.05, 0) is 36.4 Å². The van der Waals surface area contributed by atoms with E-state index in [0.717, 1.165) is 22.2 Å². The third-order valence-corrected chi connectivity index (χ3v) is 4.78. The summed E-state index contributed by atoms with van der Waals surface area (Å²) in [4.78, 5) is 21.1. The standard InChI is InChI=1S/C24H18N4O3/c29-21(14-15-22-27-23(28-31-22)16-6-2-1-3-7-16)25-18-12-10-17(11-13-18)24-26-19-8-4-5-9-20(19)30-24/h1-13H,14-15H2,(H,25,29). The van der Waals surface area contributed by atoms with Crippen LogP contribution >= 0.6 is 0 Å². The number of benzene rings is 3. The number of hydrogen-bond acceptors (Lipinski definition) is 6. The number of aromatic nitrogens is 3. The lowest BCUT2D eigenvalue weighted by Crippen LogP contribution is -2.12. The largest absolute Gasteiger partial charge is 0.436 e. The second-order valence-electron chi connectivity index (χ2n) is 6.99. The first kappa shape index (κ1) is 18.7. The molecule has 31 heavy (non-hydrogen) atoms. The summed E-state index contributed by atoms with van der Waals surface area (Å²) in [6.07, 6.45) is 0.607. The predicted octanol–water partition coefficient (Wildman–Crippen LogP) is 5.12. The van der Waals surface area contributed by atoms with Crippen molar-refractivity contribution in [2.75, 3.05) is 5.32 Å². The van der Waals surface area contributed by atoms with E-state index in [-0.39, 0.29) is 12.3 Å². The number of aryl methyl sites for hydroxylation is 1. The minimum absolute atomic E-state index is 0.130. The van der Waals surface area contributed by atoms with Crippen molar-refractivity contribution in [3.8, 4) is 22.8 Å². The van der Waals surface area contributed by atoms with E-state index in [2.05, 4.69) is 20.4 Å². The summed E-state index contributed by atoms with van der Waals surface area (Å²) < 4.78 is 11.0. The number of fused-ring (bicyclic) bond motifs is 1. The van der Waals surface area contributed by atoms with Crippen molar-refractivity contribution >= 4 is 22.7 Å². The summed E-state index contributed by atoms with van der Waals surface area (Å²) in [7, 11) is 0. The van der Waals surface area contributed by atoms with E-state index < -0.39 is 0 Å². The Morgan fingerprint density at radius 1 is 0.839 bits per heavy atom. The fourth-order valence-corrected chi connectivity index (χ4v) is 3.20. The second-order valence-corrected chi connectivity index (χ2v) is 6.99. The Bertz CT molecular complexity index is 1290. The number of anilines is 1. The number of nitrogens with one attached hydrogen (secondary N) is 1. The summed E-state index contributed by atoms with van der Waals surface area (Å²) in [6.45, 7) is 0.